The van der Waals surface area contributed by atoms with E-state index in [9.17, 15) is 10.5 Å². The van der Waals surface area contributed by atoms with Gasteiger partial charge in [-0.25, -0.2) is 8.61 Å². The molecule has 8 aromatic rings. The van der Waals surface area contributed by atoms with Crippen LogP contribution in [-0.4, -0.2) is 39.3 Å². The molecule has 15 heteroatoms. The van der Waals surface area contributed by atoms with Gasteiger partial charge < -0.3 is 20.4 Å². The molecule has 518 valence electrons. The number of aliphatic carboxylic acids is 1. The van der Waals surface area contributed by atoms with E-state index in [-0.39, 0.29) is 43.0 Å². The van der Waals surface area contributed by atoms with E-state index in [1.807, 2.05) is 27.7 Å². The third-order valence-corrected chi connectivity index (χ3v) is 25.4. The lowest BCUT2D eigenvalue weighted by molar-refractivity contribution is -0.777. The second-order valence-electron chi connectivity index (χ2n) is 23.9. The van der Waals surface area contributed by atoms with Gasteiger partial charge >= 0.3 is 21.2 Å². The number of halogens is 1. The Hall–Kier alpha value is -4.96. The minimum atomic E-state index is -1.08. The van der Waals surface area contributed by atoms with Crippen molar-refractivity contribution in [3.8, 4) is 0 Å². The number of benzene rings is 8. The molecule has 10 nitrogen and oxygen atoms in total. The fourth-order valence-electron chi connectivity index (χ4n) is 11.8. The van der Waals surface area contributed by atoms with Crippen LogP contribution in [0.3, 0.4) is 0 Å². The van der Waals surface area contributed by atoms with Crippen molar-refractivity contribution in [1.82, 2.24) is 8.61 Å². The number of carboxylic acids is 1. The second-order valence-corrected chi connectivity index (χ2v) is 32.5. The molecule has 12 rings (SSSR count). The number of piperidine rings is 1. The van der Waals surface area contributed by atoms with Gasteiger partial charge in [-0.1, -0.05) is 222 Å². The molecule has 0 bridgehead atoms. The van der Waals surface area contributed by atoms with E-state index in [0.717, 1.165) is 43.8 Å². The summed E-state index contributed by atoms with van der Waals surface area (Å²) >= 11 is 2.24. The molecule has 2 unspecified atom stereocenters. The topological polar surface area (TPSA) is 130 Å². The first-order valence-corrected chi connectivity index (χ1v) is 40.4. The van der Waals surface area contributed by atoms with E-state index in [4.69, 9.17) is 9.90 Å². The highest BCUT2D eigenvalue weighted by Crippen LogP contribution is 2.39. The average Bonchev–Trinajstić information content (AvgIpc) is 0.865. The van der Waals surface area contributed by atoms with Crippen molar-refractivity contribution in [3.63, 3.8) is 0 Å². The fraction of sp³-hybridized carbons (Fsp3) is 0.395. The van der Waals surface area contributed by atoms with E-state index in [1.165, 1.54) is 173 Å². The van der Waals surface area contributed by atoms with Gasteiger partial charge in [-0.3, -0.25) is 10.1 Å². The first-order chi connectivity index (χ1) is 46.8. The smallest absolute Gasteiger partial charge is 0.357 e. The maximum absolute atomic E-state index is 10.0. The Morgan fingerprint density at radius 1 is 0.417 bits per heavy atom. The highest BCUT2D eigenvalue weighted by molar-refractivity contribution is 7.97. The number of rotatable bonds is 16. The predicted octanol–water partition coefficient (Wildman–Crippen LogP) is 16.2. The summed E-state index contributed by atoms with van der Waals surface area (Å²) in [6.45, 7) is 22.8. The van der Waals surface area contributed by atoms with Crippen LogP contribution < -0.4 is 36.8 Å². The first-order valence-electron chi connectivity index (χ1n) is 34.4. The van der Waals surface area contributed by atoms with Crippen molar-refractivity contribution in [3.05, 3.63) is 247 Å². The van der Waals surface area contributed by atoms with Gasteiger partial charge in [0.25, 0.3) is 0 Å². The molecule has 8 aromatic carbocycles. The van der Waals surface area contributed by atoms with E-state index < -0.39 is 5.97 Å². The van der Waals surface area contributed by atoms with Gasteiger partial charge in [-0.05, 0) is 203 Å². The lowest BCUT2D eigenvalue weighted by Crippen LogP contribution is -3.61. The number of aryl methyl sites for hydroxylation is 6. The molecule has 3 aliphatic carbocycles. The Kier molecular flexibility index (Phi) is 40.8. The van der Waals surface area contributed by atoms with Crippen molar-refractivity contribution in [2.24, 2.45) is 5.92 Å². The standard InChI is InChI=1S/2C21H21S.C12H10I.C12H23NO3S.C9H17NO3S.C2H4O2.2C2H6/c2*1-16-4-10-19(11-5-16)22(20-12-6-17(2)7-13-20)21-14-8-18(3)9-15-21;1-3-7-11(8-4-1)13-12-9-5-2-6-10-12;14-15-16-17-13(11-7-3-1-4-8-11)12-9-5-2-6-10-12;11-12-13-14-10-7-3-5-8-4-1-2-6-9(8)10;1-2(3)4;2*1-2/h2*4-15H,1-3H3;1-10H;11-12,14H,1-10H2;8-9,11H,1-7H2;1H3,(H,3,4);2*1-2H3/q3*+1;;;;;/p-3. The Morgan fingerprint density at radius 3 is 1.00 bits per heavy atom. The molecule has 4 fully saturated rings. The molecule has 1 heterocycles. The Bertz CT molecular complexity index is 2860. The Labute approximate surface area is 602 Å². The van der Waals surface area contributed by atoms with E-state index >= 15 is 0 Å². The molecule has 0 aromatic heterocycles. The molecule has 0 spiro atoms. The summed E-state index contributed by atoms with van der Waals surface area (Å²) in [5.41, 5.74) is 7.83. The SMILES string of the molecule is CC.CC.CC(=O)[O-].Cc1ccc([S+](c2ccc(C)cc2)c2ccc(C)cc2)cc1.Cc1ccc([S+](c2ccc(C)cc2)c2ccc(C)cc2)cc1.[O-]OOSN(C1CCCCC1)C1CCCCC1.[O-]OOSN1CCCC2CCCCC21.c1ccc([I+]c2ccccc2)cc1. The summed E-state index contributed by atoms with van der Waals surface area (Å²) in [7, 11) is -0.0789. The van der Waals surface area contributed by atoms with Crippen molar-refractivity contribution >= 4 is 52.2 Å². The van der Waals surface area contributed by atoms with E-state index in [0.29, 0.717) is 18.1 Å². The normalized spacial score (nSPS) is 16.0. The largest absolute Gasteiger partial charge is 0.691 e. The Balaban J connectivity index is 0.000000214. The summed E-state index contributed by atoms with van der Waals surface area (Å²) in [5.74, 6) is -0.278. The molecule has 0 N–H and O–H groups in total. The van der Waals surface area contributed by atoms with Crippen LogP contribution in [0.5, 0.6) is 0 Å². The van der Waals surface area contributed by atoms with Crippen LogP contribution in [0.2, 0.25) is 0 Å². The number of carbonyl (C=O) groups is 1. The van der Waals surface area contributed by atoms with Crippen LogP contribution in [0.4, 0.5) is 0 Å². The number of hydrogen-bond donors (Lipinski definition) is 0. The van der Waals surface area contributed by atoms with Gasteiger partial charge in [-0.15, -0.1) is 0 Å². The number of nitrogens with zero attached hydrogens (tertiary/aromatic N) is 2. The lowest BCUT2D eigenvalue weighted by Gasteiger charge is -2.42. The molecule has 1 saturated heterocycles. The maximum Gasteiger partial charge on any atom is 0.357 e. The molecule has 0 radical (unpaired) electrons. The molecule has 1 aliphatic heterocycles. The fourth-order valence-corrected chi connectivity index (χ4v) is 19.6. The highest BCUT2D eigenvalue weighted by atomic mass is 127. The lowest BCUT2D eigenvalue weighted by atomic mass is 9.79. The second kappa shape index (κ2) is 47.9. The molecule has 3 saturated carbocycles. The monoisotopic (exact) mass is 1490 g/mol. The van der Waals surface area contributed by atoms with Crippen LogP contribution in [0.1, 0.15) is 171 Å². The Morgan fingerprint density at radius 2 is 0.698 bits per heavy atom. The predicted molar refractivity (Wildman–Crippen MR) is 392 cm³/mol. The third kappa shape index (κ3) is 29.9. The molecule has 2 atom stereocenters. The van der Waals surface area contributed by atoms with E-state index in [1.54, 1.807) is 0 Å². The molecule has 4 aliphatic rings. The summed E-state index contributed by atoms with van der Waals surface area (Å²) in [5, 5.41) is 35.6. The zero-order valence-corrected chi connectivity index (χ0v) is 64.1. The van der Waals surface area contributed by atoms with Crippen molar-refractivity contribution in [2.75, 3.05) is 6.54 Å². The average molecular weight is 1490 g/mol. The first kappa shape index (κ1) is 81.7. The summed E-state index contributed by atoms with van der Waals surface area (Å²) < 4.78 is 16.4. The van der Waals surface area contributed by atoms with Crippen LogP contribution in [-0.2, 0) is 45.3 Å². The molecular weight excluding hydrogens is 1380 g/mol. The summed E-state index contributed by atoms with van der Waals surface area (Å²) in [6, 6.07) is 76.7. The van der Waals surface area contributed by atoms with E-state index in [2.05, 4.69) is 275 Å². The molecule has 96 heavy (non-hydrogen) atoms. The van der Waals surface area contributed by atoms with Gasteiger partial charge in [0.1, 0.15) is 24.5 Å². The number of carbonyl (C=O) groups excluding carboxylic acids is 1. The van der Waals surface area contributed by atoms with Crippen LogP contribution in [0.15, 0.2) is 236 Å². The maximum atomic E-state index is 10.0. The molecular formula is C81H105IN2O8S4. The van der Waals surface area contributed by atoms with Gasteiger partial charge in [0, 0.05) is 30.6 Å². The number of carboxylic acid groups (broad SMARTS) is 1. The van der Waals surface area contributed by atoms with Crippen LogP contribution >= 0.6 is 24.5 Å². The van der Waals surface area contributed by atoms with Gasteiger partial charge in [-0.2, -0.15) is 8.67 Å². The van der Waals surface area contributed by atoms with Gasteiger partial charge in [0.05, 0.1) is 21.8 Å². The number of hydrogen-bond acceptors (Lipinski definition) is 12. The molecule has 0 amide bonds. The van der Waals surface area contributed by atoms with Gasteiger partial charge in [0.2, 0.25) is 0 Å². The van der Waals surface area contributed by atoms with Crippen molar-refractivity contribution in [2.45, 2.75) is 226 Å². The number of fused-ring (bicyclic) bond motifs is 1. The minimum absolute atomic E-state index is 0.0287. The minimum Gasteiger partial charge on any atom is -0.691 e. The zero-order valence-electron chi connectivity index (χ0n) is 58.6. The summed E-state index contributed by atoms with van der Waals surface area (Å²) in [4.78, 5) is 17.1. The van der Waals surface area contributed by atoms with Crippen molar-refractivity contribution < 1.29 is 60.4 Å². The third-order valence-electron chi connectivity index (χ3n) is 16.6. The highest BCUT2D eigenvalue weighted by Gasteiger charge is 2.35. The summed E-state index contributed by atoms with van der Waals surface area (Å²) in [6.07, 6.45) is 20.6. The zero-order chi connectivity index (χ0) is 69.3. The van der Waals surface area contributed by atoms with Crippen LogP contribution in [0, 0.1) is 54.6 Å². The van der Waals surface area contributed by atoms with Crippen molar-refractivity contribution in [1.29, 1.82) is 0 Å². The van der Waals surface area contributed by atoms with Crippen LogP contribution in [0.25, 0.3) is 0 Å². The van der Waals surface area contributed by atoms with Gasteiger partial charge in [0.15, 0.2) is 36.5 Å². The quantitative estimate of drug-likeness (QED) is 0.0228.